The molecule has 2 rings (SSSR count). The fourth-order valence-electron chi connectivity index (χ4n) is 2.88. The molecule has 0 heteroatoms. The molecule has 21 heavy (non-hydrogen) atoms. The Morgan fingerprint density at radius 2 is 1.90 bits per heavy atom. The summed E-state index contributed by atoms with van der Waals surface area (Å²) in [5.74, 6) is 0.408. The van der Waals surface area contributed by atoms with Crippen LogP contribution in [0.1, 0.15) is 54.9 Å². The first-order chi connectivity index (χ1) is 10.0. The molecule has 0 heterocycles. The van der Waals surface area contributed by atoms with Crippen molar-refractivity contribution in [2.75, 3.05) is 0 Å². The van der Waals surface area contributed by atoms with E-state index < -0.39 is 0 Å². The molecule has 0 N–H and O–H groups in total. The summed E-state index contributed by atoms with van der Waals surface area (Å²) in [6.07, 6.45) is 4.60. The number of aryl methyl sites for hydroxylation is 1. The average molecular weight is 278 g/mol. The van der Waals surface area contributed by atoms with Gasteiger partial charge in [-0.1, -0.05) is 74.9 Å². The summed E-state index contributed by atoms with van der Waals surface area (Å²) >= 11 is 0. The van der Waals surface area contributed by atoms with Gasteiger partial charge in [0.1, 0.15) is 0 Å². The summed E-state index contributed by atoms with van der Waals surface area (Å²) in [4.78, 5) is 0. The van der Waals surface area contributed by atoms with Gasteiger partial charge in [0.25, 0.3) is 0 Å². The van der Waals surface area contributed by atoms with Crippen LogP contribution in [0.3, 0.4) is 0 Å². The molecule has 1 unspecified atom stereocenters. The maximum absolute atomic E-state index is 4.30. The highest BCUT2D eigenvalue weighted by Crippen LogP contribution is 2.25. The maximum Gasteiger partial charge on any atom is 0.00639 e. The molecule has 0 aromatic heterocycles. The second-order valence-corrected chi connectivity index (χ2v) is 5.98. The fourth-order valence-corrected chi connectivity index (χ4v) is 2.88. The van der Waals surface area contributed by atoms with Crippen LogP contribution >= 0.6 is 0 Å². The first-order valence-electron chi connectivity index (χ1n) is 7.89. The Morgan fingerprint density at radius 3 is 2.57 bits per heavy atom. The third kappa shape index (κ3) is 3.44. The van der Waals surface area contributed by atoms with Crippen molar-refractivity contribution in [3.05, 3.63) is 69.1 Å². The molecular formula is C21H26. The van der Waals surface area contributed by atoms with Gasteiger partial charge < -0.3 is 0 Å². The minimum Gasteiger partial charge on any atom is -0.0909 e. The summed E-state index contributed by atoms with van der Waals surface area (Å²) in [5.41, 5.74) is 5.41. The van der Waals surface area contributed by atoms with E-state index in [-0.39, 0.29) is 0 Å². The van der Waals surface area contributed by atoms with Gasteiger partial charge in [0.15, 0.2) is 0 Å². The molecule has 0 aliphatic carbocycles. The summed E-state index contributed by atoms with van der Waals surface area (Å²) in [6.45, 7) is 13.1. The molecule has 110 valence electrons. The highest BCUT2D eigenvalue weighted by Gasteiger charge is 2.11. The molecule has 0 nitrogen and oxygen atoms in total. The van der Waals surface area contributed by atoms with Crippen molar-refractivity contribution in [3.8, 4) is 0 Å². The number of benzene rings is 2. The lowest BCUT2D eigenvalue weighted by molar-refractivity contribution is 0.903. The van der Waals surface area contributed by atoms with E-state index in [0.29, 0.717) is 5.92 Å². The molecule has 1 atom stereocenters. The monoisotopic (exact) mass is 278 g/mol. The fraction of sp³-hybridized carbons (Fsp3) is 0.333. The topological polar surface area (TPSA) is 0 Å². The van der Waals surface area contributed by atoms with Crippen LogP contribution in [0.15, 0.2) is 36.4 Å². The van der Waals surface area contributed by atoms with Gasteiger partial charge in [-0.3, -0.25) is 0 Å². The molecule has 2 aromatic rings. The van der Waals surface area contributed by atoms with E-state index in [9.17, 15) is 0 Å². The van der Waals surface area contributed by atoms with Crippen LogP contribution in [0.5, 0.6) is 0 Å². The molecular weight excluding hydrogens is 252 g/mol. The molecule has 0 fully saturated rings. The summed E-state index contributed by atoms with van der Waals surface area (Å²) < 4.78 is 0. The lowest BCUT2D eigenvalue weighted by Gasteiger charge is -2.16. The number of rotatable bonds is 4. The SMILES string of the molecule is C=c1c(C)c(C(C)c2cccc(C)c2)cc/c1=C/CCC. The van der Waals surface area contributed by atoms with Crippen LogP contribution in [0.2, 0.25) is 0 Å². The Morgan fingerprint density at radius 1 is 1.14 bits per heavy atom. The Hall–Kier alpha value is -1.82. The Balaban J connectivity index is 2.46. The molecule has 0 radical (unpaired) electrons. The van der Waals surface area contributed by atoms with Gasteiger partial charge in [0.2, 0.25) is 0 Å². The van der Waals surface area contributed by atoms with E-state index in [2.05, 4.69) is 76.7 Å². The molecule has 0 spiro atoms. The highest BCUT2D eigenvalue weighted by molar-refractivity contribution is 5.41. The van der Waals surface area contributed by atoms with Crippen molar-refractivity contribution in [1.82, 2.24) is 0 Å². The van der Waals surface area contributed by atoms with E-state index in [4.69, 9.17) is 0 Å². The predicted octanol–water partition coefficient (Wildman–Crippen LogP) is 4.45. The van der Waals surface area contributed by atoms with Crippen LogP contribution in [0.25, 0.3) is 12.7 Å². The van der Waals surface area contributed by atoms with Gasteiger partial charge in [0.05, 0.1) is 0 Å². The minimum atomic E-state index is 0.408. The quantitative estimate of drug-likeness (QED) is 0.775. The lowest BCUT2D eigenvalue weighted by Crippen LogP contribution is -2.27. The Labute approximate surface area is 128 Å². The van der Waals surface area contributed by atoms with E-state index in [1.54, 1.807) is 0 Å². The van der Waals surface area contributed by atoms with E-state index in [1.807, 2.05) is 0 Å². The Kier molecular flexibility index (Phi) is 5.01. The first-order valence-corrected chi connectivity index (χ1v) is 7.89. The first kappa shape index (κ1) is 15.6. The minimum absolute atomic E-state index is 0.408. The van der Waals surface area contributed by atoms with Crippen LogP contribution in [-0.4, -0.2) is 0 Å². The van der Waals surface area contributed by atoms with E-state index in [1.165, 1.54) is 39.1 Å². The van der Waals surface area contributed by atoms with Crippen molar-refractivity contribution in [2.24, 2.45) is 0 Å². The maximum atomic E-state index is 4.30. The molecule has 0 aliphatic rings. The Bertz CT molecular complexity index is 722. The number of hydrogen-bond donors (Lipinski definition) is 0. The molecule has 0 saturated carbocycles. The van der Waals surface area contributed by atoms with Crippen molar-refractivity contribution < 1.29 is 0 Å². The highest BCUT2D eigenvalue weighted by atomic mass is 14.2. The second-order valence-electron chi connectivity index (χ2n) is 5.98. The third-order valence-corrected chi connectivity index (χ3v) is 4.34. The molecule has 0 amide bonds. The second kappa shape index (κ2) is 6.76. The normalized spacial score (nSPS) is 13.4. The summed E-state index contributed by atoms with van der Waals surface area (Å²) in [7, 11) is 0. The van der Waals surface area contributed by atoms with Crippen molar-refractivity contribution in [1.29, 1.82) is 0 Å². The number of unbranched alkanes of at least 4 members (excludes halogenated alkanes) is 1. The molecule has 0 saturated heterocycles. The largest absolute Gasteiger partial charge is 0.0909 e. The van der Waals surface area contributed by atoms with E-state index in [0.717, 1.165) is 6.42 Å². The van der Waals surface area contributed by atoms with Gasteiger partial charge >= 0.3 is 0 Å². The standard InChI is InChI=1S/C21H26/c1-6-7-10-19-12-13-21(17(4)16(19)3)18(5)20-11-8-9-15(2)14-20/h8-14,18H,3,6-7H2,1-2,4-5H3/b19-10-. The zero-order valence-corrected chi connectivity index (χ0v) is 13.7. The van der Waals surface area contributed by atoms with Crippen LogP contribution in [-0.2, 0) is 0 Å². The molecule has 0 aliphatic heterocycles. The molecule has 0 bridgehead atoms. The zero-order chi connectivity index (χ0) is 15.4. The smallest absolute Gasteiger partial charge is 0.00639 e. The van der Waals surface area contributed by atoms with Crippen LogP contribution < -0.4 is 10.4 Å². The third-order valence-electron chi connectivity index (χ3n) is 4.34. The van der Waals surface area contributed by atoms with Gasteiger partial charge in [-0.2, -0.15) is 0 Å². The van der Waals surface area contributed by atoms with Crippen LogP contribution in [0.4, 0.5) is 0 Å². The van der Waals surface area contributed by atoms with Crippen molar-refractivity contribution in [3.63, 3.8) is 0 Å². The summed E-state index contributed by atoms with van der Waals surface area (Å²) in [6, 6.07) is 13.3. The molecule has 2 aromatic carbocycles. The lowest BCUT2D eigenvalue weighted by atomic mass is 9.88. The summed E-state index contributed by atoms with van der Waals surface area (Å²) in [5, 5.41) is 2.47. The zero-order valence-electron chi connectivity index (χ0n) is 13.7. The van der Waals surface area contributed by atoms with Gasteiger partial charge in [0, 0.05) is 5.92 Å². The predicted molar refractivity (Wildman–Crippen MR) is 94.0 cm³/mol. The number of hydrogen-bond acceptors (Lipinski definition) is 0. The van der Waals surface area contributed by atoms with Crippen LogP contribution in [0, 0.1) is 13.8 Å². The van der Waals surface area contributed by atoms with Gasteiger partial charge in [-0.25, -0.2) is 0 Å². The average Bonchev–Trinajstić information content (AvgIpc) is 2.48. The van der Waals surface area contributed by atoms with Crippen molar-refractivity contribution >= 4 is 12.7 Å². The van der Waals surface area contributed by atoms with Gasteiger partial charge in [-0.05, 0) is 47.4 Å². The van der Waals surface area contributed by atoms with Gasteiger partial charge in [-0.15, -0.1) is 0 Å². The van der Waals surface area contributed by atoms with Crippen molar-refractivity contribution in [2.45, 2.75) is 46.5 Å². The van der Waals surface area contributed by atoms with E-state index >= 15 is 0 Å².